The first kappa shape index (κ1) is 17.9. The summed E-state index contributed by atoms with van der Waals surface area (Å²) in [6.45, 7) is 8.21. The molecule has 2 nitrogen and oxygen atoms in total. The van der Waals surface area contributed by atoms with Crippen molar-refractivity contribution in [3.63, 3.8) is 0 Å². The fraction of sp³-hybridized carbons (Fsp3) is 0.400. The van der Waals surface area contributed by atoms with Crippen LogP contribution in [-0.2, 0) is 0 Å². The molecular formula is C20H22O2S2-2. The second kappa shape index (κ2) is 7.12. The Bertz CT molecular complexity index is 612. The molecule has 0 aromatic carbocycles. The molecule has 0 aromatic heterocycles. The van der Waals surface area contributed by atoms with Crippen LogP contribution in [-0.4, -0.2) is 12.2 Å². The van der Waals surface area contributed by atoms with Crippen molar-refractivity contribution < 1.29 is 10.2 Å². The topological polar surface area (TPSA) is 46.1 Å². The van der Waals surface area contributed by atoms with E-state index in [1.54, 1.807) is 23.5 Å². The van der Waals surface area contributed by atoms with E-state index in [1.165, 1.54) is 19.6 Å². The van der Waals surface area contributed by atoms with E-state index in [2.05, 4.69) is 52.0 Å². The number of thioether (sulfide) groups is 2. The zero-order valence-corrected chi connectivity index (χ0v) is 16.0. The summed E-state index contributed by atoms with van der Waals surface area (Å²) in [6, 6.07) is 0. The standard InChI is InChI=1S/C20H22O2S2/c1-11-5-15(6-12(2)23-11)9-17-19(21)18(20(17)22)10-16-7-13(3)24-14(4)8-16/h5-10,17-20H,1-4H3/q-2. The molecule has 2 aliphatic heterocycles. The maximum absolute atomic E-state index is 12.5. The quantitative estimate of drug-likeness (QED) is 0.756. The summed E-state index contributed by atoms with van der Waals surface area (Å²) in [5, 5.41) is 25.1. The molecule has 0 radical (unpaired) electrons. The van der Waals surface area contributed by atoms with Gasteiger partial charge in [0.05, 0.1) is 0 Å². The molecule has 0 spiro atoms. The molecule has 0 unspecified atom stereocenters. The van der Waals surface area contributed by atoms with Crippen LogP contribution in [0.5, 0.6) is 0 Å². The van der Waals surface area contributed by atoms with Gasteiger partial charge in [0.25, 0.3) is 0 Å². The lowest BCUT2D eigenvalue weighted by Crippen LogP contribution is -2.65. The first-order chi connectivity index (χ1) is 11.3. The van der Waals surface area contributed by atoms with Crippen LogP contribution in [0.4, 0.5) is 0 Å². The second-order valence-electron chi connectivity index (χ2n) is 6.64. The van der Waals surface area contributed by atoms with Crippen LogP contribution in [0, 0.1) is 11.8 Å². The van der Waals surface area contributed by atoms with Crippen molar-refractivity contribution in [1.29, 1.82) is 0 Å². The van der Waals surface area contributed by atoms with E-state index in [-0.39, 0.29) is 0 Å². The molecule has 0 amide bonds. The first-order valence-corrected chi connectivity index (χ1v) is 9.81. The van der Waals surface area contributed by atoms with Crippen molar-refractivity contribution >= 4 is 23.5 Å². The average molecular weight is 359 g/mol. The van der Waals surface area contributed by atoms with E-state index in [9.17, 15) is 10.2 Å². The molecule has 3 aliphatic rings. The zero-order valence-electron chi connectivity index (χ0n) is 14.4. The Morgan fingerprint density at radius 1 is 0.667 bits per heavy atom. The minimum Gasteiger partial charge on any atom is -0.851 e. The summed E-state index contributed by atoms with van der Waals surface area (Å²) < 4.78 is 0. The average Bonchev–Trinajstić information content (AvgIpc) is 2.48. The van der Waals surface area contributed by atoms with Crippen LogP contribution in [0.1, 0.15) is 27.7 Å². The summed E-state index contributed by atoms with van der Waals surface area (Å²) in [5.74, 6) is -0.850. The monoisotopic (exact) mass is 358 g/mol. The molecule has 0 bridgehead atoms. The smallest absolute Gasteiger partial charge is 0.0131 e. The number of allylic oxidation sites excluding steroid dienone is 10. The molecule has 1 saturated carbocycles. The Morgan fingerprint density at radius 3 is 1.25 bits per heavy atom. The van der Waals surface area contributed by atoms with Gasteiger partial charge in [0.1, 0.15) is 0 Å². The molecule has 0 atom stereocenters. The largest absolute Gasteiger partial charge is 0.851 e. The van der Waals surface area contributed by atoms with Gasteiger partial charge in [-0.05, 0) is 94.6 Å². The van der Waals surface area contributed by atoms with Crippen molar-refractivity contribution in [3.05, 3.63) is 67.2 Å². The highest BCUT2D eigenvalue weighted by molar-refractivity contribution is 8.06. The van der Waals surface area contributed by atoms with Gasteiger partial charge < -0.3 is 10.2 Å². The van der Waals surface area contributed by atoms with Gasteiger partial charge in [0.15, 0.2) is 0 Å². The molecule has 3 rings (SSSR count). The van der Waals surface area contributed by atoms with Gasteiger partial charge in [0, 0.05) is 0 Å². The Hall–Kier alpha value is -0.940. The van der Waals surface area contributed by atoms with Gasteiger partial charge in [-0.1, -0.05) is 35.7 Å². The maximum Gasteiger partial charge on any atom is -0.0131 e. The third-order valence-electron chi connectivity index (χ3n) is 4.41. The van der Waals surface area contributed by atoms with Crippen LogP contribution in [0.25, 0.3) is 0 Å². The molecular weight excluding hydrogens is 336 g/mol. The van der Waals surface area contributed by atoms with E-state index in [0.717, 1.165) is 11.1 Å². The van der Waals surface area contributed by atoms with Gasteiger partial charge in [-0.2, -0.15) is 0 Å². The van der Waals surface area contributed by atoms with Crippen molar-refractivity contribution in [2.24, 2.45) is 11.8 Å². The lowest BCUT2D eigenvalue weighted by Gasteiger charge is -2.59. The molecule has 0 N–H and O–H groups in total. The number of hydrogen-bond donors (Lipinski definition) is 0. The fourth-order valence-corrected chi connectivity index (χ4v) is 5.20. The number of rotatable bonds is 2. The van der Waals surface area contributed by atoms with Crippen molar-refractivity contribution in [2.45, 2.75) is 39.9 Å². The van der Waals surface area contributed by atoms with E-state index in [1.807, 2.05) is 12.2 Å². The Kier molecular flexibility index (Phi) is 5.30. The summed E-state index contributed by atoms with van der Waals surface area (Å²) in [6.07, 6.45) is 10.3. The minimum absolute atomic E-state index is 0.425. The number of hydrogen-bond acceptors (Lipinski definition) is 4. The molecule has 0 saturated heterocycles. The zero-order chi connectivity index (χ0) is 17.4. The molecule has 2 heterocycles. The minimum atomic E-state index is -0.846. The summed E-state index contributed by atoms with van der Waals surface area (Å²) in [5.41, 5.74) is 2.00. The molecule has 0 aromatic rings. The predicted octanol–water partition coefficient (Wildman–Crippen LogP) is 3.65. The van der Waals surface area contributed by atoms with Crippen LogP contribution >= 0.6 is 23.5 Å². The molecule has 1 aliphatic carbocycles. The fourth-order valence-electron chi connectivity index (χ4n) is 3.41. The van der Waals surface area contributed by atoms with E-state index in [0.29, 0.717) is 0 Å². The third kappa shape index (κ3) is 3.83. The Morgan fingerprint density at radius 2 is 0.958 bits per heavy atom. The van der Waals surface area contributed by atoms with Crippen LogP contribution in [0.15, 0.2) is 67.2 Å². The maximum atomic E-state index is 12.5. The van der Waals surface area contributed by atoms with Crippen molar-refractivity contribution in [1.82, 2.24) is 0 Å². The van der Waals surface area contributed by atoms with E-state index < -0.39 is 24.0 Å². The highest BCUT2D eigenvalue weighted by Crippen LogP contribution is 2.39. The lowest BCUT2D eigenvalue weighted by molar-refractivity contribution is -0.550. The highest BCUT2D eigenvalue weighted by atomic mass is 32.2. The lowest BCUT2D eigenvalue weighted by atomic mass is 9.67. The highest BCUT2D eigenvalue weighted by Gasteiger charge is 2.34. The van der Waals surface area contributed by atoms with Gasteiger partial charge in [-0.25, -0.2) is 0 Å². The molecule has 24 heavy (non-hydrogen) atoms. The van der Waals surface area contributed by atoms with E-state index in [4.69, 9.17) is 0 Å². The predicted molar refractivity (Wildman–Crippen MR) is 101 cm³/mol. The van der Waals surface area contributed by atoms with Crippen LogP contribution < -0.4 is 10.2 Å². The van der Waals surface area contributed by atoms with Gasteiger partial charge >= 0.3 is 0 Å². The van der Waals surface area contributed by atoms with Gasteiger partial charge in [0.2, 0.25) is 0 Å². The normalized spacial score (nSPS) is 33.1. The third-order valence-corrected chi connectivity index (χ3v) is 6.17. The summed E-state index contributed by atoms with van der Waals surface area (Å²) >= 11 is 3.45. The SMILES string of the molecule is CC1=CC(=CC2C([O-])C(C=C3C=C(C)SC(C)=C3)C2[O-])C=C(C)S1. The van der Waals surface area contributed by atoms with Crippen molar-refractivity contribution in [2.75, 3.05) is 0 Å². The van der Waals surface area contributed by atoms with Crippen molar-refractivity contribution in [3.8, 4) is 0 Å². The Labute approximate surface area is 152 Å². The second-order valence-corrected chi connectivity index (χ2v) is 9.63. The molecule has 1 fully saturated rings. The summed E-state index contributed by atoms with van der Waals surface area (Å²) in [7, 11) is 0. The van der Waals surface area contributed by atoms with Crippen LogP contribution in [0.3, 0.4) is 0 Å². The van der Waals surface area contributed by atoms with E-state index >= 15 is 0 Å². The Balaban J connectivity index is 1.76. The first-order valence-electron chi connectivity index (χ1n) is 8.17. The molecule has 4 heteroatoms. The van der Waals surface area contributed by atoms with Gasteiger partial charge in [-0.3, -0.25) is 0 Å². The van der Waals surface area contributed by atoms with Crippen LogP contribution in [0.2, 0.25) is 0 Å². The van der Waals surface area contributed by atoms with Gasteiger partial charge in [-0.15, -0.1) is 12.2 Å². The summed E-state index contributed by atoms with van der Waals surface area (Å²) in [4.78, 5) is 4.80. The molecule has 128 valence electrons.